The molecule has 0 saturated heterocycles. The van der Waals surface area contributed by atoms with Crippen LogP contribution in [0, 0.1) is 0 Å². The van der Waals surface area contributed by atoms with E-state index in [0.717, 1.165) is 16.7 Å². The molecule has 0 fully saturated rings. The first-order valence-electron chi connectivity index (χ1n) is 10.6. The number of thioether (sulfide) groups is 2. The second-order valence-electron chi connectivity index (χ2n) is 7.50. The molecule has 0 spiro atoms. The summed E-state index contributed by atoms with van der Waals surface area (Å²) in [5.41, 5.74) is 3.24. The summed E-state index contributed by atoms with van der Waals surface area (Å²) in [6.07, 6.45) is -3.83. The highest BCUT2D eigenvalue weighted by Gasteiger charge is 2.37. The topological polar surface area (TPSA) is 66.8 Å². The van der Waals surface area contributed by atoms with E-state index in [-0.39, 0.29) is 11.2 Å². The van der Waals surface area contributed by atoms with Gasteiger partial charge in [-0.15, -0.1) is 36.2 Å². The molecule has 0 aliphatic rings. The van der Waals surface area contributed by atoms with Gasteiger partial charge in [0.05, 0.1) is 11.2 Å². The highest BCUT2D eigenvalue weighted by atomic mass is 32.2. The van der Waals surface area contributed by atoms with Crippen LogP contribution in [-0.4, -0.2) is 38.2 Å². The van der Waals surface area contributed by atoms with E-state index in [1.165, 1.54) is 0 Å². The first-order chi connectivity index (χ1) is 16.0. The van der Waals surface area contributed by atoms with Crippen molar-refractivity contribution in [3.8, 4) is 0 Å². The van der Waals surface area contributed by atoms with Gasteiger partial charge in [0.2, 0.25) is 5.12 Å². The van der Waals surface area contributed by atoms with Crippen molar-refractivity contribution in [2.75, 3.05) is 0 Å². The predicted molar refractivity (Wildman–Crippen MR) is 140 cm³/mol. The maximum Gasteiger partial charge on any atom is 0.217 e. The first kappa shape index (κ1) is 25.9. The Morgan fingerprint density at radius 1 is 0.758 bits per heavy atom. The summed E-state index contributed by atoms with van der Waals surface area (Å²) < 4.78 is 5.92. The minimum atomic E-state index is -1.63. The smallest absolute Gasteiger partial charge is 0.217 e. The number of aliphatic hydroxyl groups is 2. The van der Waals surface area contributed by atoms with E-state index < -0.39 is 23.4 Å². The molecule has 0 heterocycles. The van der Waals surface area contributed by atoms with Crippen molar-refractivity contribution in [1.29, 1.82) is 0 Å². The van der Waals surface area contributed by atoms with Crippen LogP contribution in [0.2, 0.25) is 0 Å². The third-order valence-electron chi connectivity index (χ3n) is 4.98. The molecule has 4 nitrogen and oxygen atoms in total. The van der Waals surface area contributed by atoms with Crippen LogP contribution in [0.4, 0.5) is 0 Å². The fourth-order valence-electron chi connectivity index (χ4n) is 3.17. The van der Waals surface area contributed by atoms with Gasteiger partial charge in [0.25, 0.3) is 0 Å². The molecule has 3 aromatic rings. The summed E-state index contributed by atoms with van der Waals surface area (Å²) in [5.74, 6) is 1.41. The summed E-state index contributed by atoms with van der Waals surface area (Å²) in [5, 5.41) is 20.4. The van der Waals surface area contributed by atoms with E-state index in [2.05, 4.69) is 12.6 Å². The number of carbonyl (C=O) groups is 1. The molecule has 0 unspecified atom stereocenters. The zero-order chi connectivity index (χ0) is 23.5. The summed E-state index contributed by atoms with van der Waals surface area (Å²) >= 11 is 6.98. The summed E-state index contributed by atoms with van der Waals surface area (Å²) in [6, 6.07) is 29.7. The zero-order valence-electron chi connectivity index (χ0n) is 18.1. The van der Waals surface area contributed by atoms with E-state index in [0.29, 0.717) is 11.5 Å². The molecule has 3 rings (SSSR count). The van der Waals surface area contributed by atoms with Crippen molar-refractivity contribution >= 4 is 41.3 Å². The lowest BCUT2D eigenvalue weighted by Crippen LogP contribution is -2.46. The molecule has 3 aromatic carbocycles. The molecule has 2 N–H and O–H groups in total. The maximum atomic E-state index is 11.7. The Bertz CT molecular complexity index is 914. The third-order valence-corrected chi connectivity index (χ3v) is 8.26. The average Bonchev–Trinajstić information content (AvgIpc) is 2.86. The molecule has 7 heteroatoms. The van der Waals surface area contributed by atoms with Gasteiger partial charge in [-0.25, -0.2) is 0 Å². The molecule has 174 valence electrons. The number of aliphatic hydroxyl groups excluding tert-OH is 2. The van der Waals surface area contributed by atoms with Crippen molar-refractivity contribution < 1.29 is 19.7 Å². The largest absolute Gasteiger partial charge is 0.387 e. The number of hydrogen-bond donors (Lipinski definition) is 3. The first-order valence-corrected chi connectivity index (χ1v) is 13.1. The normalized spacial score (nSPS) is 14.1. The Morgan fingerprint density at radius 2 is 1.18 bits per heavy atom. The minimum Gasteiger partial charge on any atom is -0.387 e. The van der Waals surface area contributed by atoms with Crippen LogP contribution < -0.4 is 0 Å². The molecular formula is C26H28O4S3. The molecule has 0 saturated carbocycles. The van der Waals surface area contributed by atoms with Gasteiger partial charge < -0.3 is 14.9 Å². The summed E-state index contributed by atoms with van der Waals surface area (Å²) in [4.78, 5) is 11.7. The van der Waals surface area contributed by atoms with Gasteiger partial charge in [-0.2, -0.15) is 0 Å². The molecule has 0 aliphatic heterocycles. The Balaban J connectivity index is 1.81. The number of hydrogen-bond acceptors (Lipinski definition) is 6. The van der Waals surface area contributed by atoms with Gasteiger partial charge in [-0.1, -0.05) is 91.0 Å². The molecule has 33 heavy (non-hydrogen) atoms. The van der Waals surface area contributed by atoms with E-state index in [1.54, 1.807) is 23.5 Å². The second kappa shape index (κ2) is 13.8. The quantitative estimate of drug-likeness (QED) is 0.228. The number of benzene rings is 3. The van der Waals surface area contributed by atoms with E-state index in [1.807, 2.05) is 91.0 Å². The lowest BCUT2D eigenvalue weighted by Gasteiger charge is -2.32. The molecule has 0 amide bonds. The van der Waals surface area contributed by atoms with Crippen molar-refractivity contribution in [3.05, 3.63) is 108 Å². The van der Waals surface area contributed by atoms with Crippen LogP contribution in [0.15, 0.2) is 91.0 Å². The van der Waals surface area contributed by atoms with E-state index >= 15 is 0 Å². The molecule has 0 aliphatic carbocycles. The minimum absolute atomic E-state index is 0.244. The summed E-state index contributed by atoms with van der Waals surface area (Å²) in [6.45, 7) is 0.254. The predicted octanol–water partition coefficient (Wildman–Crippen LogP) is 4.94. The number of carbonyl (C=O) groups excluding carboxylic acids is 1. The Morgan fingerprint density at radius 3 is 1.61 bits per heavy atom. The second-order valence-corrected chi connectivity index (χ2v) is 10.5. The Hall–Kier alpha value is -1.74. The van der Waals surface area contributed by atoms with Gasteiger partial charge in [-0.3, -0.25) is 4.79 Å². The average molecular weight is 501 g/mol. The number of thiol groups is 1. The Kier molecular flexibility index (Phi) is 10.9. The van der Waals surface area contributed by atoms with Crippen molar-refractivity contribution in [1.82, 2.24) is 0 Å². The Labute approximate surface area is 209 Å². The van der Waals surface area contributed by atoms with Gasteiger partial charge >= 0.3 is 0 Å². The van der Waals surface area contributed by atoms with Crippen molar-refractivity contribution in [3.63, 3.8) is 0 Å². The fourth-order valence-corrected chi connectivity index (χ4v) is 6.08. The summed E-state index contributed by atoms with van der Waals surface area (Å²) in [7, 11) is 0. The standard InChI is InChI=1S/C26H28O4S3/c27-22(23(28)25(29)31)24(30-16-19-10-4-1-5-11-19)26(32-17-20-12-6-2-7-13-20)33-18-21-14-8-3-9-15-21/h1-15,22-24,26-28H,16-18H2,(H,29,31)/t22-,23-,24+/m1/s1. The fraction of sp³-hybridized carbons (Fsp3) is 0.269. The number of rotatable bonds is 13. The van der Waals surface area contributed by atoms with Crippen LogP contribution in [0.25, 0.3) is 0 Å². The highest BCUT2D eigenvalue weighted by Crippen LogP contribution is 2.36. The molecule has 0 aromatic heterocycles. The van der Waals surface area contributed by atoms with Gasteiger partial charge in [0.1, 0.15) is 12.2 Å². The van der Waals surface area contributed by atoms with Gasteiger partial charge in [-0.05, 0) is 16.7 Å². The van der Waals surface area contributed by atoms with Crippen LogP contribution in [0.1, 0.15) is 16.7 Å². The molecular weight excluding hydrogens is 472 g/mol. The zero-order valence-corrected chi connectivity index (χ0v) is 20.6. The third kappa shape index (κ3) is 8.52. The molecule has 0 bridgehead atoms. The molecule has 0 radical (unpaired) electrons. The molecule has 3 atom stereocenters. The maximum absolute atomic E-state index is 11.7. The van der Waals surface area contributed by atoms with Gasteiger partial charge in [0, 0.05) is 11.5 Å². The van der Waals surface area contributed by atoms with E-state index in [9.17, 15) is 15.0 Å². The van der Waals surface area contributed by atoms with Crippen molar-refractivity contribution in [2.45, 2.75) is 41.0 Å². The van der Waals surface area contributed by atoms with Crippen LogP contribution in [0.5, 0.6) is 0 Å². The SMILES string of the molecule is O=C(S)[C@H](O)[C@@H](O)[C@H](OCc1ccccc1)C(SCc1ccccc1)SCc1ccccc1. The van der Waals surface area contributed by atoms with Crippen LogP contribution in [0.3, 0.4) is 0 Å². The van der Waals surface area contributed by atoms with Gasteiger partial charge in [0.15, 0.2) is 6.10 Å². The van der Waals surface area contributed by atoms with Crippen molar-refractivity contribution in [2.24, 2.45) is 0 Å². The van der Waals surface area contributed by atoms with Crippen LogP contribution >= 0.6 is 36.2 Å². The van der Waals surface area contributed by atoms with Crippen LogP contribution in [-0.2, 0) is 27.6 Å². The van der Waals surface area contributed by atoms with E-state index in [4.69, 9.17) is 4.74 Å². The lowest BCUT2D eigenvalue weighted by molar-refractivity contribution is -0.132. The highest BCUT2D eigenvalue weighted by molar-refractivity contribution is 8.16. The lowest BCUT2D eigenvalue weighted by atomic mass is 10.1. The number of ether oxygens (including phenoxy) is 1. The monoisotopic (exact) mass is 500 g/mol.